The molecule has 0 spiro atoms. The highest BCUT2D eigenvalue weighted by atomic mass is 33.1. The van der Waals surface area contributed by atoms with Crippen LogP contribution in [0.15, 0.2) is 24.3 Å². The topological polar surface area (TPSA) is 55.8 Å². The number of phenols is 1. The van der Waals surface area contributed by atoms with E-state index in [-0.39, 0.29) is 5.75 Å². The zero-order valence-corrected chi connectivity index (χ0v) is 11.8. The lowest BCUT2D eigenvalue weighted by Gasteiger charge is -2.04. The summed E-state index contributed by atoms with van der Waals surface area (Å²) >= 11 is 0. The van der Waals surface area contributed by atoms with E-state index in [9.17, 15) is 9.90 Å². The second-order valence-electron chi connectivity index (χ2n) is 3.32. The minimum Gasteiger partial charge on any atom is -0.508 e. The van der Waals surface area contributed by atoms with E-state index in [1.54, 1.807) is 40.8 Å². The predicted octanol–water partition coefficient (Wildman–Crippen LogP) is 2.58. The summed E-state index contributed by atoms with van der Waals surface area (Å²) in [7, 11) is 5.00. The molecule has 4 nitrogen and oxygen atoms in total. The van der Waals surface area contributed by atoms with E-state index in [2.05, 4.69) is 0 Å². The first-order valence-electron chi connectivity index (χ1n) is 5.43. The minimum absolute atomic E-state index is 0.0638. The van der Waals surface area contributed by atoms with Crippen molar-refractivity contribution in [3.05, 3.63) is 29.8 Å². The first-order valence-corrected chi connectivity index (χ1v) is 7.92. The van der Waals surface area contributed by atoms with Gasteiger partial charge in [0.15, 0.2) is 0 Å². The van der Waals surface area contributed by atoms with E-state index < -0.39 is 5.97 Å². The molecule has 0 saturated heterocycles. The fourth-order valence-corrected chi connectivity index (χ4v) is 2.86. The van der Waals surface area contributed by atoms with Gasteiger partial charge in [-0.05, 0) is 18.2 Å². The third-order valence-corrected chi connectivity index (χ3v) is 4.27. The Balaban J connectivity index is 2.14. The van der Waals surface area contributed by atoms with Crippen LogP contribution >= 0.6 is 21.6 Å². The van der Waals surface area contributed by atoms with Gasteiger partial charge in [-0.15, -0.1) is 0 Å². The summed E-state index contributed by atoms with van der Waals surface area (Å²) in [5.74, 6) is 1.31. The Kier molecular flexibility index (Phi) is 7.71. The highest BCUT2D eigenvalue weighted by Crippen LogP contribution is 2.20. The molecule has 0 unspecified atom stereocenters. The highest BCUT2D eigenvalue weighted by molar-refractivity contribution is 8.76. The van der Waals surface area contributed by atoms with Crippen LogP contribution < -0.4 is 0 Å². The Morgan fingerprint density at radius 1 is 1.28 bits per heavy atom. The normalized spacial score (nSPS) is 10.3. The minimum atomic E-state index is -0.409. The van der Waals surface area contributed by atoms with Crippen molar-refractivity contribution in [1.29, 1.82) is 0 Å². The summed E-state index contributed by atoms with van der Waals surface area (Å²) in [6, 6.07) is 6.13. The van der Waals surface area contributed by atoms with Crippen molar-refractivity contribution in [2.24, 2.45) is 0 Å². The molecule has 0 heterocycles. The molecule has 0 amide bonds. The number of carbonyl (C=O) groups is 1. The van der Waals surface area contributed by atoms with E-state index >= 15 is 0 Å². The van der Waals surface area contributed by atoms with Crippen LogP contribution in [0.25, 0.3) is 0 Å². The van der Waals surface area contributed by atoms with Crippen LogP contribution in [0.4, 0.5) is 0 Å². The zero-order valence-electron chi connectivity index (χ0n) is 10.1. The number of carbonyl (C=O) groups excluding carboxylic acids is 1. The number of ether oxygens (including phenoxy) is 2. The number of rotatable bonds is 8. The Morgan fingerprint density at radius 3 is 2.67 bits per heavy atom. The van der Waals surface area contributed by atoms with Crippen molar-refractivity contribution in [3.8, 4) is 5.75 Å². The van der Waals surface area contributed by atoms with Gasteiger partial charge in [0.1, 0.15) is 12.4 Å². The van der Waals surface area contributed by atoms with Gasteiger partial charge < -0.3 is 14.6 Å². The average molecular weight is 288 g/mol. The van der Waals surface area contributed by atoms with Crippen LogP contribution in [0, 0.1) is 0 Å². The smallest absolute Gasteiger partial charge is 0.338 e. The van der Waals surface area contributed by atoms with Crippen molar-refractivity contribution in [3.63, 3.8) is 0 Å². The van der Waals surface area contributed by atoms with Gasteiger partial charge in [0.05, 0.1) is 12.2 Å². The fraction of sp³-hybridized carbons (Fsp3) is 0.417. The molecule has 0 atom stereocenters. The SMILES string of the molecule is COCCSSCCOC(=O)c1cccc(O)c1. The molecule has 18 heavy (non-hydrogen) atoms. The van der Waals surface area contributed by atoms with Crippen molar-refractivity contribution < 1.29 is 19.4 Å². The summed E-state index contributed by atoms with van der Waals surface area (Å²) in [4.78, 5) is 11.6. The van der Waals surface area contributed by atoms with Gasteiger partial charge in [0, 0.05) is 18.6 Å². The molecule has 0 radical (unpaired) electrons. The molecule has 0 aliphatic rings. The van der Waals surface area contributed by atoms with E-state index in [4.69, 9.17) is 9.47 Å². The number of methoxy groups -OCH3 is 1. The molecule has 0 aliphatic carbocycles. The molecule has 1 aromatic rings. The molecule has 1 rings (SSSR count). The largest absolute Gasteiger partial charge is 0.508 e. The number of esters is 1. The maximum absolute atomic E-state index is 11.6. The van der Waals surface area contributed by atoms with E-state index in [1.807, 2.05) is 0 Å². The third kappa shape index (κ3) is 6.18. The molecular formula is C12H16O4S2. The molecule has 1 N–H and O–H groups in total. The molecular weight excluding hydrogens is 272 g/mol. The monoisotopic (exact) mass is 288 g/mol. The fourth-order valence-electron chi connectivity index (χ4n) is 1.12. The van der Waals surface area contributed by atoms with Gasteiger partial charge in [0.2, 0.25) is 0 Å². The van der Waals surface area contributed by atoms with Gasteiger partial charge in [-0.25, -0.2) is 4.79 Å². The maximum Gasteiger partial charge on any atom is 0.338 e. The van der Waals surface area contributed by atoms with Crippen LogP contribution in [0.2, 0.25) is 0 Å². The zero-order chi connectivity index (χ0) is 13.2. The van der Waals surface area contributed by atoms with Crippen LogP contribution in [-0.2, 0) is 9.47 Å². The summed E-state index contributed by atoms with van der Waals surface area (Å²) in [5, 5.41) is 9.23. The summed E-state index contributed by atoms with van der Waals surface area (Å²) in [5.41, 5.74) is 0.368. The number of aromatic hydroxyl groups is 1. The van der Waals surface area contributed by atoms with Crippen LogP contribution in [0.5, 0.6) is 5.75 Å². The van der Waals surface area contributed by atoms with Crippen molar-refractivity contribution in [2.75, 3.05) is 31.8 Å². The first-order chi connectivity index (χ1) is 8.74. The number of phenolic OH excluding ortho intramolecular Hbond substituents is 1. The van der Waals surface area contributed by atoms with E-state index in [0.29, 0.717) is 12.2 Å². The highest BCUT2D eigenvalue weighted by Gasteiger charge is 2.07. The lowest BCUT2D eigenvalue weighted by molar-refractivity contribution is 0.0530. The van der Waals surface area contributed by atoms with Gasteiger partial charge in [0.25, 0.3) is 0 Å². The van der Waals surface area contributed by atoms with Crippen molar-refractivity contribution >= 4 is 27.6 Å². The second kappa shape index (κ2) is 9.13. The predicted molar refractivity (Wildman–Crippen MR) is 75.2 cm³/mol. The van der Waals surface area contributed by atoms with Crippen molar-refractivity contribution in [2.45, 2.75) is 0 Å². The average Bonchev–Trinajstić information content (AvgIpc) is 2.37. The summed E-state index contributed by atoms with van der Waals surface area (Å²) in [6.45, 7) is 1.08. The van der Waals surface area contributed by atoms with E-state index in [1.165, 1.54) is 12.1 Å². The second-order valence-corrected chi connectivity index (χ2v) is 6.03. The first kappa shape index (κ1) is 15.2. The van der Waals surface area contributed by atoms with Crippen LogP contribution in [-0.4, -0.2) is 42.9 Å². The lowest BCUT2D eigenvalue weighted by atomic mass is 10.2. The Hall–Kier alpha value is -0.850. The molecule has 1 aromatic carbocycles. The van der Waals surface area contributed by atoms with Crippen LogP contribution in [0.3, 0.4) is 0 Å². The molecule has 0 aliphatic heterocycles. The van der Waals surface area contributed by atoms with Gasteiger partial charge >= 0.3 is 5.97 Å². The van der Waals surface area contributed by atoms with Crippen molar-refractivity contribution in [1.82, 2.24) is 0 Å². The van der Waals surface area contributed by atoms with Gasteiger partial charge in [-0.2, -0.15) is 0 Å². The van der Waals surface area contributed by atoms with Gasteiger partial charge in [-0.3, -0.25) is 0 Å². The Morgan fingerprint density at radius 2 is 2.00 bits per heavy atom. The number of hydrogen-bond donors (Lipinski definition) is 1. The molecule has 0 fully saturated rings. The lowest BCUT2D eigenvalue weighted by Crippen LogP contribution is -2.07. The molecule has 0 bridgehead atoms. The Labute approximate surface area is 114 Å². The molecule has 100 valence electrons. The number of hydrogen-bond acceptors (Lipinski definition) is 6. The molecule has 0 aromatic heterocycles. The molecule has 0 saturated carbocycles. The standard InChI is InChI=1S/C12H16O4S2/c1-15-5-7-17-18-8-6-16-12(14)10-3-2-4-11(13)9-10/h2-4,9,13H,5-8H2,1H3. The summed E-state index contributed by atoms with van der Waals surface area (Å²) in [6.07, 6.45) is 0. The Bertz CT molecular complexity index is 371. The summed E-state index contributed by atoms with van der Waals surface area (Å²) < 4.78 is 9.99. The third-order valence-electron chi connectivity index (χ3n) is 1.94. The van der Waals surface area contributed by atoms with E-state index in [0.717, 1.165) is 18.1 Å². The number of benzene rings is 1. The van der Waals surface area contributed by atoms with Gasteiger partial charge in [-0.1, -0.05) is 27.7 Å². The quantitative estimate of drug-likeness (QED) is 0.451. The van der Waals surface area contributed by atoms with Crippen LogP contribution in [0.1, 0.15) is 10.4 Å². The maximum atomic E-state index is 11.6. The molecule has 6 heteroatoms.